The highest BCUT2D eigenvalue weighted by Gasteiger charge is 2.28. The number of aryl methyl sites for hydroxylation is 1. The number of benzene rings is 1. The molecule has 0 radical (unpaired) electrons. The van der Waals surface area contributed by atoms with Gasteiger partial charge in [-0.05, 0) is 19.1 Å². The van der Waals surface area contributed by atoms with Gasteiger partial charge in [-0.2, -0.15) is 0 Å². The van der Waals surface area contributed by atoms with Crippen molar-refractivity contribution in [3.63, 3.8) is 0 Å². The van der Waals surface area contributed by atoms with Gasteiger partial charge in [0.2, 0.25) is 0 Å². The Balaban J connectivity index is 1.73. The lowest BCUT2D eigenvalue weighted by atomic mass is 10.1. The average Bonchev–Trinajstić information content (AvgIpc) is 2.83. The fourth-order valence-electron chi connectivity index (χ4n) is 3.31. The van der Waals surface area contributed by atoms with E-state index in [4.69, 9.17) is 17.3 Å². The highest BCUT2D eigenvalue weighted by molar-refractivity contribution is 6.30. The lowest BCUT2D eigenvalue weighted by Crippen LogP contribution is -2.49. The summed E-state index contributed by atoms with van der Waals surface area (Å²) in [5.74, 6) is 0.923. The molecule has 2 aromatic rings. The molecule has 3 rings (SSSR count). The summed E-state index contributed by atoms with van der Waals surface area (Å²) < 4.78 is 2.06. The predicted octanol–water partition coefficient (Wildman–Crippen LogP) is 2.20. The second kappa shape index (κ2) is 6.91. The van der Waals surface area contributed by atoms with Crippen LogP contribution in [0.25, 0.3) is 0 Å². The number of hydrogen-bond acceptors (Lipinski definition) is 4. The van der Waals surface area contributed by atoms with Gasteiger partial charge in [-0.25, -0.2) is 4.98 Å². The Morgan fingerprint density at radius 2 is 1.83 bits per heavy atom. The summed E-state index contributed by atoms with van der Waals surface area (Å²) in [6.45, 7) is 6.44. The number of piperazine rings is 1. The van der Waals surface area contributed by atoms with Crippen molar-refractivity contribution in [3.8, 4) is 0 Å². The molecule has 1 aliphatic rings. The fourth-order valence-corrected chi connectivity index (χ4v) is 3.69. The van der Waals surface area contributed by atoms with Crippen LogP contribution in [-0.2, 0) is 7.05 Å². The van der Waals surface area contributed by atoms with Crippen LogP contribution in [-0.4, -0.2) is 47.2 Å². The highest BCUT2D eigenvalue weighted by Crippen LogP contribution is 2.28. The third kappa shape index (κ3) is 3.22. The molecule has 5 nitrogen and oxygen atoms in total. The first-order chi connectivity index (χ1) is 11.1. The van der Waals surface area contributed by atoms with Crippen LogP contribution in [0.4, 0.5) is 5.69 Å². The van der Waals surface area contributed by atoms with Gasteiger partial charge in [0.1, 0.15) is 5.82 Å². The first kappa shape index (κ1) is 16.3. The van der Waals surface area contributed by atoms with Gasteiger partial charge in [0.05, 0.1) is 11.7 Å². The number of para-hydroxylation sites is 1. The summed E-state index contributed by atoms with van der Waals surface area (Å²) in [6.07, 6.45) is 0. The minimum Gasteiger partial charge on any atom is -0.369 e. The van der Waals surface area contributed by atoms with E-state index >= 15 is 0 Å². The summed E-state index contributed by atoms with van der Waals surface area (Å²) in [5.41, 5.74) is 8.38. The van der Waals surface area contributed by atoms with E-state index < -0.39 is 0 Å². The Morgan fingerprint density at radius 3 is 2.35 bits per heavy atom. The molecular formula is C17H24ClN5. The molecule has 1 aromatic heterocycles. The van der Waals surface area contributed by atoms with Crippen molar-refractivity contribution in [2.75, 3.05) is 37.6 Å². The molecule has 1 fully saturated rings. The molecule has 0 spiro atoms. The van der Waals surface area contributed by atoms with Crippen molar-refractivity contribution in [1.29, 1.82) is 0 Å². The largest absolute Gasteiger partial charge is 0.369 e. The third-order valence-electron chi connectivity index (χ3n) is 4.73. The Morgan fingerprint density at radius 1 is 1.17 bits per heavy atom. The molecule has 1 saturated heterocycles. The standard InChI is InChI=1S/C17H24ClN5/c1-13-20-17(18)16(21(13)2)15(12-19)23-10-8-22(9-11-23)14-6-4-3-5-7-14/h3-7,15H,8-12,19H2,1-2H3. The van der Waals surface area contributed by atoms with Crippen molar-refractivity contribution in [2.24, 2.45) is 12.8 Å². The smallest absolute Gasteiger partial charge is 0.152 e. The van der Waals surface area contributed by atoms with Crippen LogP contribution >= 0.6 is 11.6 Å². The molecule has 0 amide bonds. The van der Waals surface area contributed by atoms with Crippen LogP contribution in [0.5, 0.6) is 0 Å². The molecule has 6 heteroatoms. The molecule has 1 atom stereocenters. The normalized spacial score (nSPS) is 17.5. The monoisotopic (exact) mass is 333 g/mol. The third-order valence-corrected chi connectivity index (χ3v) is 5.01. The van der Waals surface area contributed by atoms with E-state index in [0.29, 0.717) is 11.7 Å². The number of anilines is 1. The van der Waals surface area contributed by atoms with Crippen LogP contribution in [0.15, 0.2) is 30.3 Å². The van der Waals surface area contributed by atoms with Gasteiger partial charge in [-0.3, -0.25) is 4.90 Å². The zero-order chi connectivity index (χ0) is 16.4. The van der Waals surface area contributed by atoms with Gasteiger partial charge in [0, 0.05) is 45.5 Å². The Hall–Kier alpha value is -1.56. The van der Waals surface area contributed by atoms with Crippen molar-refractivity contribution >= 4 is 17.3 Å². The maximum Gasteiger partial charge on any atom is 0.152 e. The topological polar surface area (TPSA) is 50.3 Å². The van der Waals surface area contributed by atoms with Crippen molar-refractivity contribution < 1.29 is 0 Å². The van der Waals surface area contributed by atoms with E-state index in [1.54, 1.807) is 0 Å². The minimum absolute atomic E-state index is 0.117. The van der Waals surface area contributed by atoms with Crippen molar-refractivity contribution in [2.45, 2.75) is 13.0 Å². The van der Waals surface area contributed by atoms with Crippen LogP contribution in [0.2, 0.25) is 5.15 Å². The molecule has 0 aliphatic carbocycles. The zero-order valence-corrected chi connectivity index (χ0v) is 14.5. The highest BCUT2D eigenvalue weighted by atomic mass is 35.5. The van der Waals surface area contributed by atoms with E-state index in [1.807, 2.05) is 14.0 Å². The van der Waals surface area contributed by atoms with Crippen LogP contribution in [0.3, 0.4) is 0 Å². The Labute approximate surface area is 142 Å². The first-order valence-corrected chi connectivity index (χ1v) is 8.42. The van der Waals surface area contributed by atoms with Gasteiger partial charge in [0.15, 0.2) is 5.15 Å². The Bertz CT molecular complexity index is 647. The van der Waals surface area contributed by atoms with Crippen LogP contribution in [0.1, 0.15) is 17.6 Å². The van der Waals surface area contributed by atoms with E-state index in [2.05, 4.69) is 49.7 Å². The maximum absolute atomic E-state index is 6.34. The quantitative estimate of drug-likeness (QED) is 0.932. The fraction of sp³-hybridized carbons (Fsp3) is 0.471. The van der Waals surface area contributed by atoms with E-state index in [0.717, 1.165) is 37.7 Å². The van der Waals surface area contributed by atoms with Crippen LogP contribution < -0.4 is 10.6 Å². The SMILES string of the molecule is Cc1nc(Cl)c(C(CN)N2CCN(c3ccccc3)CC2)n1C. The zero-order valence-electron chi connectivity index (χ0n) is 13.7. The average molecular weight is 334 g/mol. The Kier molecular flexibility index (Phi) is 4.90. The number of imidazole rings is 1. The molecular weight excluding hydrogens is 310 g/mol. The second-order valence-corrected chi connectivity index (χ2v) is 6.36. The number of nitrogens with two attached hydrogens (primary N) is 1. The number of halogens is 1. The lowest BCUT2D eigenvalue weighted by molar-refractivity contribution is 0.184. The van der Waals surface area contributed by atoms with Gasteiger partial charge < -0.3 is 15.2 Å². The maximum atomic E-state index is 6.34. The van der Waals surface area contributed by atoms with E-state index in [9.17, 15) is 0 Å². The first-order valence-electron chi connectivity index (χ1n) is 8.04. The van der Waals surface area contributed by atoms with Gasteiger partial charge in [-0.15, -0.1) is 0 Å². The van der Waals surface area contributed by atoms with Crippen molar-refractivity contribution in [1.82, 2.24) is 14.5 Å². The molecule has 0 bridgehead atoms. The van der Waals surface area contributed by atoms with Gasteiger partial charge in [-0.1, -0.05) is 29.8 Å². The second-order valence-electron chi connectivity index (χ2n) is 6.00. The van der Waals surface area contributed by atoms with E-state index in [1.165, 1.54) is 5.69 Å². The summed E-state index contributed by atoms with van der Waals surface area (Å²) >= 11 is 6.34. The lowest BCUT2D eigenvalue weighted by Gasteiger charge is -2.40. The molecule has 23 heavy (non-hydrogen) atoms. The summed E-state index contributed by atoms with van der Waals surface area (Å²) in [7, 11) is 2.01. The molecule has 2 heterocycles. The number of rotatable bonds is 4. The summed E-state index contributed by atoms with van der Waals surface area (Å²) in [5, 5.41) is 0.575. The molecule has 1 aliphatic heterocycles. The van der Waals surface area contributed by atoms with Gasteiger partial charge >= 0.3 is 0 Å². The molecule has 0 saturated carbocycles. The predicted molar refractivity (Wildman–Crippen MR) is 95.0 cm³/mol. The van der Waals surface area contributed by atoms with Crippen molar-refractivity contribution in [3.05, 3.63) is 47.0 Å². The van der Waals surface area contributed by atoms with Crippen LogP contribution in [0, 0.1) is 6.92 Å². The molecule has 1 unspecified atom stereocenters. The van der Waals surface area contributed by atoms with Gasteiger partial charge in [0.25, 0.3) is 0 Å². The molecule has 124 valence electrons. The minimum atomic E-state index is 0.117. The molecule has 2 N–H and O–H groups in total. The summed E-state index contributed by atoms with van der Waals surface area (Å²) in [6, 6.07) is 10.7. The summed E-state index contributed by atoms with van der Waals surface area (Å²) in [4.78, 5) is 9.21. The van der Waals surface area contributed by atoms with E-state index in [-0.39, 0.29) is 6.04 Å². The molecule has 1 aromatic carbocycles. The number of hydrogen-bond donors (Lipinski definition) is 1. The number of nitrogens with zero attached hydrogens (tertiary/aromatic N) is 4. The number of aromatic nitrogens is 2.